The van der Waals surface area contributed by atoms with Gasteiger partial charge >= 0.3 is 0 Å². The molecule has 1 aliphatic carbocycles. The number of hydrogen-bond acceptors (Lipinski definition) is 4. The van der Waals surface area contributed by atoms with Gasteiger partial charge < -0.3 is 0 Å². The van der Waals surface area contributed by atoms with Crippen molar-refractivity contribution in [2.75, 3.05) is 5.75 Å². The van der Waals surface area contributed by atoms with E-state index in [2.05, 4.69) is 31.1 Å². The Morgan fingerprint density at radius 2 is 2.05 bits per heavy atom. The third-order valence-corrected chi connectivity index (χ3v) is 5.98. The molecule has 1 aromatic rings. The summed E-state index contributed by atoms with van der Waals surface area (Å²) in [6, 6.07) is 0. The molecule has 0 aromatic carbocycles. The van der Waals surface area contributed by atoms with Gasteiger partial charge in [-0.25, -0.2) is 4.98 Å². The SMILES string of the molecule is CC(C)(C)c1csc(CC(=O)CSC2CCCCC2)n1. The van der Waals surface area contributed by atoms with Gasteiger partial charge in [0.1, 0.15) is 10.8 Å². The van der Waals surface area contributed by atoms with Crippen LogP contribution in [-0.4, -0.2) is 21.8 Å². The van der Waals surface area contributed by atoms with Gasteiger partial charge in [-0.05, 0) is 12.8 Å². The fourth-order valence-electron chi connectivity index (χ4n) is 2.40. The normalized spacial score (nSPS) is 17.4. The Morgan fingerprint density at radius 1 is 1.35 bits per heavy atom. The second-order valence-electron chi connectivity index (χ2n) is 6.66. The number of carbonyl (C=O) groups is 1. The lowest BCUT2D eigenvalue weighted by molar-refractivity contribution is -0.116. The van der Waals surface area contributed by atoms with Crippen molar-refractivity contribution in [3.63, 3.8) is 0 Å². The molecule has 2 nitrogen and oxygen atoms in total. The summed E-state index contributed by atoms with van der Waals surface area (Å²) in [5.41, 5.74) is 1.18. The number of ketones is 1. The van der Waals surface area contributed by atoms with Crippen LogP contribution in [0.5, 0.6) is 0 Å². The highest BCUT2D eigenvalue weighted by atomic mass is 32.2. The molecule has 0 atom stereocenters. The van der Waals surface area contributed by atoms with E-state index in [9.17, 15) is 4.79 Å². The molecule has 1 aliphatic rings. The molecule has 0 amide bonds. The van der Waals surface area contributed by atoms with Crippen LogP contribution in [-0.2, 0) is 16.6 Å². The summed E-state index contributed by atoms with van der Waals surface area (Å²) < 4.78 is 0. The average molecular weight is 312 g/mol. The molecular formula is C16H25NOS2. The molecular weight excluding hydrogens is 286 g/mol. The van der Waals surface area contributed by atoms with E-state index < -0.39 is 0 Å². The standard InChI is InChI=1S/C16H25NOS2/c1-16(2,3)14-11-20-15(17-14)9-12(18)10-19-13-7-5-4-6-8-13/h11,13H,4-10H2,1-3H3. The van der Waals surface area contributed by atoms with Crippen LogP contribution in [0.2, 0.25) is 0 Å². The highest BCUT2D eigenvalue weighted by molar-refractivity contribution is 8.00. The Labute approximate surface area is 130 Å². The second-order valence-corrected chi connectivity index (χ2v) is 8.89. The molecule has 20 heavy (non-hydrogen) atoms. The maximum Gasteiger partial charge on any atom is 0.149 e. The van der Waals surface area contributed by atoms with Crippen LogP contribution in [0.4, 0.5) is 0 Å². The van der Waals surface area contributed by atoms with Gasteiger partial charge in [0.15, 0.2) is 0 Å². The first-order chi connectivity index (χ1) is 9.45. The highest BCUT2D eigenvalue weighted by Gasteiger charge is 2.19. The Bertz CT molecular complexity index is 442. The maximum atomic E-state index is 12.1. The van der Waals surface area contributed by atoms with Crippen LogP contribution in [0.15, 0.2) is 5.38 Å². The molecule has 2 rings (SSSR count). The van der Waals surface area contributed by atoms with Crippen LogP contribution < -0.4 is 0 Å². The number of hydrogen-bond donors (Lipinski definition) is 0. The molecule has 1 fully saturated rings. The summed E-state index contributed by atoms with van der Waals surface area (Å²) >= 11 is 3.49. The van der Waals surface area contributed by atoms with E-state index >= 15 is 0 Å². The number of thiazole rings is 1. The van der Waals surface area contributed by atoms with E-state index in [-0.39, 0.29) is 5.41 Å². The van der Waals surface area contributed by atoms with Gasteiger partial charge in [0.25, 0.3) is 0 Å². The zero-order valence-corrected chi connectivity index (χ0v) is 14.4. The third kappa shape index (κ3) is 4.88. The number of Topliss-reactive ketones (excluding diaryl/α,β-unsaturated/α-hetero) is 1. The van der Waals surface area contributed by atoms with Crippen molar-refractivity contribution in [1.82, 2.24) is 4.98 Å². The van der Waals surface area contributed by atoms with Gasteiger partial charge in [-0.3, -0.25) is 4.79 Å². The minimum Gasteiger partial charge on any atom is -0.298 e. The first-order valence-electron chi connectivity index (χ1n) is 7.53. The lowest BCUT2D eigenvalue weighted by atomic mass is 9.93. The highest BCUT2D eigenvalue weighted by Crippen LogP contribution is 2.29. The van der Waals surface area contributed by atoms with E-state index in [0.717, 1.165) is 10.7 Å². The number of aromatic nitrogens is 1. The molecule has 1 heterocycles. The smallest absolute Gasteiger partial charge is 0.149 e. The van der Waals surface area contributed by atoms with Gasteiger partial charge in [-0.1, -0.05) is 40.0 Å². The molecule has 0 radical (unpaired) electrons. The summed E-state index contributed by atoms with van der Waals surface area (Å²) in [7, 11) is 0. The summed E-state index contributed by atoms with van der Waals surface area (Å²) in [6.07, 6.45) is 7.16. The number of nitrogens with zero attached hydrogens (tertiary/aromatic N) is 1. The fourth-order valence-corrected chi connectivity index (χ4v) is 4.64. The molecule has 0 saturated heterocycles. The molecule has 0 unspecified atom stereocenters. The molecule has 0 aliphatic heterocycles. The summed E-state index contributed by atoms with van der Waals surface area (Å²) in [6.45, 7) is 6.48. The zero-order chi connectivity index (χ0) is 14.6. The monoisotopic (exact) mass is 311 g/mol. The van der Waals surface area contributed by atoms with Gasteiger partial charge in [-0.2, -0.15) is 11.8 Å². The van der Waals surface area contributed by atoms with E-state index in [4.69, 9.17) is 0 Å². The van der Waals surface area contributed by atoms with E-state index in [1.165, 1.54) is 32.1 Å². The van der Waals surface area contributed by atoms with Crippen LogP contribution in [0.25, 0.3) is 0 Å². The summed E-state index contributed by atoms with van der Waals surface area (Å²) in [5, 5.41) is 3.79. The number of carbonyl (C=O) groups excluding carboxylic acids is 1. The van der Waals surface area contributed by atoms with E-state index in [0.29, 0.717) is 23.2 Å². The van der Waals surface area contributed by atoms with Crippen molar-refractivity contribution in [3.05, 3.63) is 16.1 Å². The Balaban J connectivity index is 1.77. The Hall–Kier alpha value is -0.350. The summed E-state index contributed by atoms with van der Waals surface area (Å²) in [4.78, 5) is 16.7. The first kappa shape index (κ1) is 16.0. The van der Waals surface area contributed by atoms with Crippen LogP contribution >= 0.6 is 23.1 Å². The van der Waals surface area contributed by atoms with Crippen LogP contribution in [0.1, 0.15) is 63.6 Å². The number of rotatable bonds is 5. The molecule has 112 valence electrons. The fraction of sp³-hybridized carbons (Fsp3) is 0.750. The van der Waals surface area contributed by atoms with Crippen molar-refractivity contribution >= 4 is 28.9 Å². The topological polar surface area (TPSA) is 30.0 Å². The minimum absolute atomic E-state index is 0.0780. The molecule has 0 bridgehead atoms. The van der Waals surface area contributed by atoms with Crippen LogP contribution in [0.3, 0.4) is 0 Å². The van der Waals surface area contributed by atoms with Gasteiger partial charge in [0, 0.05) is 16.0 Å². The lowest BCUT2D eigenvalue weighted by Crippen LogP contribution is -2.14. The van der Waals surface area contributed by atoms with Crippen molar-refractivity contribution in [3.8, 4) is 0 Å². The Kier molecular flexibility index (Phi) is 5.67. The minimum atomic E-state index is 0.0780. The van der Waals surface area contributed by atoms with Gasteiger partial charge in [-0.15, -0.1) is 11.3 Å². The molecule has 0 N–H and O–H groups in total. The zero-order valence-electron chi connectivity index (χ0n) is 12.8. The van der Waals surface area contributed by atoms with Crippen molar-refractivity contribution < 1.29 is 4.79 Å². The van der Waals surface area contributed by atoms with Crippen molar-refractivity contribution in [2.24, 2.45) is 0 Å². The van der Waals surface area contributed by atoms with E-state index in [1.54, 1.807) is 11.3 Å². The first-order valence-corrected chi connectivity index (χ1v) is 9.46. The third-order valence-electron chi connectivity index (χ3n) is 3.70. The van der Waals surface area contributed by atoms with Crippen molar-refractivity contribution in [1.29, 1.82) is 0 Å². The Morgan fingerprint density at radius 3 is 2.65 bits per heavy atom. The maximum absolute atomic E-state index is 12.1. The van der Waals surface area contributed by atoms with Gasteiger partial charge in [0.05, 0.1) is 17.9 Å². The predicted molar refractivity (Wildman–Crippen MR) is 88.9 cm³/mol. The largest absolute Gasteiger partial charge is 0.298 e. The van der Waals surface area contributed by atoms with Crippen molar-refractivity contribution in [2.45, 2.75) is 70.0 Å². The molecule has 1 saturated carbocycles. The second kappa shape index (κ2) is 7.08. The number of thioether (sulfide) groups is 1. The van der Waals surface area contributed by atoms with E-state index in [1.807, 2.05) is 11.8 Å². The van der Waals surface area contributed by atoms with Crippen LogP contribution in [0, 0.1) is 0 Å². The molecule has 0 spiro atoms. The lowest BCUT2D eigenvalue weighted by Gasteiger charge is -2.20. The predicted octanol–water partition coefficient (Wildman–Crippen LogP) is 4.62. The summed E-state index contributed by atoms with van der Waals surface area (Å²) in [5.74, 6) is 0.991. The molecule has 4 heteroatoms. The van der Waals surface area contributed by atoms with Gasteiger partial charge in [0.2, 0.25) is 0 Å². The average Bonchev–Trinajstić information content (AvgIpc) is 2.86. The quantitative estimate of drug-likeness (QED) is 0.795. The molecule has 1 aromatic heterocycles.